The fourth-order valence-electron chi connectivity index (χ4n) is 5.23. The number of carbonyl (C=O) groups excluding carboxylic acids is 1. The van der Waals surface area contributed by atoms with Gasteiger partial charge < -0.3 is 9.64 Å². The Hall–Kier alpha value is -4.80. The molecule has 43 heavy (non-hydrogen) atoms. The standard InChI is InChI=1S/C33H29FN4O4S/c1-37(2)43(40,41)36-29-26-14-9-19-35-30(26)32(42-31(23-10-5-3-6-11-23)24-12-7-4-8-13-24)28-27(29)21-38(33(28)39)20-22-15-17-25(34)18-16-22/h3-19,31,36H,20-21H2,1-2H3. The Kier molecular flexibility index (Phi) is 7.55. The molecule has 8 nitrogen and oxygen atoms in total. The summed E-state index contributed by atoms with van der Waals surface area (Å²) in [7, 11) is -1.09. The lowest BCUT2D eigenvalue weighted by atomic mass is 9.99. The van der Waals surface area contributed by atoms with Gasteiger partial charge in [-0.3, -0.25) is 14.5 Å². The van der Waals surface area contributed by atoms with E-state index in [0.29, 0.717) is 16.5 Å². The molecule has 1 aromatic heterocycles. The molecule has 1 amide bonds. The van der Waals surface area contributed by atoms with Gasteiger partial charge in [0.1, 0.15) is 17.4 Å². The second-order valence-electron chi connectivity index (χ2n) is 10.5. The number of pyridine rings is 1. The van der Waals surface area contributed by atoms with Crippen molar-refractivity contribution in [2.24, 2.45) is 0 Å². The van der Waals surface area contributed by atoms with Crippen LogP contribution >= 0.6 is 0 Å². The van der Waals surface area contributed by atoms with Crippen LogP contribution in [0.25, 0.3) is 10.9 Å². The van der Waals surface area contributed by atoms with Crippen molar-refractivity contribution in [2.75, 3.05) is 18.8 Å². The topological polar surface area (TPSA) is 91.8 Å². The number of amides is 1. The van der Waals surface area contributed by atoms with Crippen molar-refractivity contribution in [1.29, 1.82) is 0 Å². The van der Waals surface area contributed by atoms with Gasteiger partial charge in [0, 0.05) is 44.3 Å². The highest BCUT2D eigenvalue weighted by Gasteiger charge is 2.38. The van der Waals surface area contributed by atoms with Crippen LogP contribution in [0.3, 0.4) is 0 Å². The Bertz CT molecular complexity index is 1860. The normalized spacial score (nSPS) is 13.1. The lowest BCUT2D eigenvalue weighted by molar-refractivity contribution is 0.0762. The predicted molar refractivity (Wildman–Crippen MR) is 163 cm³/mol. The van der Waals surface area contributed by atoms with Crippen LogP contribution in [-0.4, -0.2) is 42.6 Å². The highest BCUT2D eigenvalue weighted by molar-refractivity contribution is 7.90. The Labute approximate surface area is 249 Å². The molecule has 2 heterocycles. The van der Waals surface area contributed by atoms with Crippen molar-refractivity contribution < 1.29 is 22.3 Å². The Morgan fingerprint density at radius 1 is 0.930 bits per heavy atom. The van der Waals surface area contributed by atoms with E-state index < -0.39 is 16.3 Å². The zero-order chi connectivity index (χ0) is 30.1. The number of rotatable bonds is 9. The summed E-state index contributed by atoms with van der Waals surface area (Å²) in [5, 5.41) is 0.498. The molecular formula is C33H29FN4O4S. The van der Waals surface area contributed by atoms with E-state index in [1.54, 1.807) is 35.4 Å². The quantitative estimate of drug-likeness (QED) is 0.228. The minimum Gasteiger partial charge on any atom is -0.478 e. The van der Waals surface area contributed by atoms with E-state index in [4.69, 9.17) is 4.74 Å². The lowest BCUT2D eigenvalue weighted by Crippen LogP contribution is -2.29. The summed E-state index contributed by atoms with van der Waals surface area (Å²) in [5.74, 6) is -0.448. The SMILES string of the molecule is CN(C)S(=O)(=O)Nc1c2c(c(OC(c3ccccc3)c3ccccc3)c3ncccc13)C(=O)N(Cc1ccc(F)cc1)C2. The number of benzene rings is 4. The summed E-state index contributed by atoms with van der Waals surface area (Å²) < 4.78 is 50.4. The third-order valence-electron chi connectivity index (χ3n) is 7.41. The second-order valence-corrected chi connectivity index (χ2v) is 12.3. The average Bonchev–Trinajstić information content (AvgIpc) is 3.34. The molecule has 0 saturated heterocycles. The molecule has 1 aliphatic rings. The fraction of sp³-hybridized carbons (Fsp3) is 0.152. The summed E-state index contributed by atoms with van der Waals surface area (Å²) in [5.41, 5.74) is 3.82. The van der Waals surface area contributed by atoms with E-state index in [1.807, 2.05) is 60.7 Å². The average molecular weight is 597 g/mol. The third-order valence-corrected chi connectivity index (χ3v) is 8.84. The zero-order valence-electron chi connectivity index (χ0n) is 23.6. The van der Waals surface area contributed by atoms with Crippen LogP contribution in [0.15, 0.2) is 103 Å². The van der Waals surface area contributed by atoms with Crippen molar-refractivity contribution in [3.8, 4) is 5.75 Å². The number of ether oxygens (including phenoxy) is 1. The van der Waals surface area contributed by atoms with Gasteiger partial charge in [0.15, 0.2) is 5.75 Å². The zero-order valence-corrected chi connectivity index (χ0v) is 24.4. The van der Waals surface area contributed by atoms with Crippen LogP contribution < -0.4 is 9.46 Å². The minimum absolute atomic E-state index is 0.110. The molecule has 0 radical (unpaired) electrons. The number of hydrogen-bond acceptors (Lipinski definition) is 5. The maximum absolute atomic E-state index is 14.2. The summed E-state index contributed by atoms with van der Waals surface area (Å²) >= 11 is 0. The number of aromatic nitrogens is 1. The van der Waals surface area contributed by atoms with Gasteiger partial charge in [-0.25, -0.2) is 4.39 Å². The van der Waals surface area contributed by atoms with Gasteiger partial charge in [-0.2, -0.15) is 12.7 Å². The molecule has 5 aromatic rings. The van der Waals surface area contributed by atoms with Crippen LogP contribution in [0, 0.1) is 5.82 Å². The summed E-state index contributed by atoms with van der Waals surface area (Å²) in [6, 6.07) is 28.7. The summed E-state index contributed by atoms with van der Waals surface area (Å²) in [6.45, 7) is 0.303. The molecule has 0 bridgehead atoms. The Morgan fingerprint density at radius 2 is 1.56 bits per heavy atom. The highest BCUT2D eigenvalue weighted by atomic mass is 32.2. The smallest absolute Gasteiger partial charge is 0.301 e. The first kappa shape index (κ1) is 28.3. The van der Waals surface area contributed by atoms with Gasteiger partial charge in [0.2, 0.25) is 0 Å². The van der Waals surface area contributed by atoms with Gasteiger partial charge in [-0.1, -0.05) is 72.8 Å². The van der Waals surface area contributed by atoms with Crippen molar-refractivity contribution in [3.05, 3.63) is 137 Å². The van der Waals surface area contributed by atoms with E-state index in [-0.39, 0.29) is 41.8 Å². The number of halogens is 1. The number of fused-ring (bicyclic) bond motifs is 2. The van der Waals surface area contributed by atoms with Crippen molar-refractivity contribution in [3.63, 3.8) is 0 Å². The molecule has 10 heteroatoms. The number of hydrogen-bond donors (Lipinski definition) is 1. The van der Waals surface area contributed by atoms with Gasteiger partial charge >= 0.3 is 10.2 Å². The van der Waals surface area contributed by atoms with Crippen molar-refractivity contribution in [2.45, 2.75) is 19.2 Å². The maximum Gasteiger partial charge on any atom is 0.301 e. The molecule has 1 N–H and O–H groups in total. The van der Waals surface area contributed by atoms with Gasteiger partial charge in [-0.05, 0) is 41.0 Å². The molecule has 4 aromatic carbocycles. The predicted octanol–water partition coefficient (Wildman–Crippen LogP) is 5.92. The minimum atomic E-state index is -3.94. The number of nitrogens with one attached hydrogen (secondary N) is 1. The van der Waals surface area contributed by atoms with E-state index in [1.165, 1.54) is 26.2 Å². The number of anilines is 1. The molecular weight excluding hydrogens is 567 g/mol. The van der Waals surface area contributed by atoms with Gasteiger partial charge in [-0.15, -0.1) is 0 Å². The van der Waals surface area contributed by atoms with Crippen LogP contribution in [0.5, 0.6) is 5.75 Å². The third kappa shape index (κ3) is 5.54. The van der Waals surface area contributed by atoms with Crippen LogP contribution in [-0.2, 0) is 23.3 Å². The second kappa shape index (κ2) is 11.5. The van der Waals surface area contributed by atoms with E-state index in [0.717, 1.165) is 21.0 Å². The Morgan fingerprint density at radius 3 is 2.16 bits per heavy atom. The molecule has 1 aliphatic heterocycles. The number of carbonyl (C=O) groups is 1. The summed E-state index contributed by atoms with van der Waals surface area (Å²) in [6.07, 6.45) is 1.00. The molecule has 0 unspecified atom stereocenters. The van der Waals surface area contributed by atoms with Gasteiger partial charge in [0.25, 0.3) is 5.91 Å². The van der Waals surface area contributed by atoms with E-state index in [2.05, 4.69) is 9.71 Å². The van der Waals surface area contributed by atoms with E-state index >= 15 is 0 Å². The molecule has 0 atom stereocenters. The van der Waals surface area contributed by atoms with E-state index in [9.17, 15) is 17.6 Å². The van der Waals surface area contributed by atoms with Gasteiger partial charge in [0.05, 0.1) is 11.3 Å². The molecule has 0 spiro atoms. The molecule has 0 fully saturated rings. The first-order valence-corrected chi connectivity index (χ1v) is 15.1. The molecule has 0 aliphatic carbocycles. The van der Waals surface area contributed by atoms with Crippen LogP contribution in [0.1, 0.15) is 38.7 Å². The first-order valence-electron chi connectivity index (χ1n) is 13.7. The highest BCUT2D eigenvalue weighted by Crippen LogP contribution is 2.45. The number of nitrogens with zero attached hydrogens (tertiary/aromatic N) is 3. The Balaban J connectivity index is 1.55. The monoisotopic (exact) mass is 596 g/mol. The molecule has 6 rings (SSSR count). The lowest BCUT2D eigenvalue weighted by Gasteiger charge is -2.24. The van der Waals surface area contributed by atoms with Crippen LogP contribution in [0.2, 0.25) is 0 Å². The van der Waals surface area contributed by atoms with Crippen molar-refractivity contribution in [1.82, 2.24) is 14.2 Å². The first-order chi connectivity index (χ1) is 20.7. The fourth-order valence-corrected chi connectivity index (χ4v) is 5.90. The molecule has 218 valence electrons. The van der Waals surface area contributed by atoms with Crippen LogP contribution in [0.4, 0.5) is 10.1 Å². The largest absolute Gasteiger partial charge is 0.478 e. The molecule has 0 saturated carbocycles. The summed E-state index contributed by atoms with van der Waals surface area (Å²) in [4.78, 5) is 20.4. The maximum atomic E-state index is 14.2. The van der Waals surface area contributed by atoms with Crippen molar-refractivity contribution >= 4 is 32.7 Å².